The highest BCUT2D eigenvalue weighted by molar-refractivity contribution is 9.10. The van der Waals surface area contributed by atoms with Crippen LogP contribution in [-0.2, 0) is 15.0 Å². The molecule has 1 saturated heterocycles. The average Bonchev–Trinajstić information content (AvgIpc) is 3.58. The molecule has 0 spiro atoms. The molecule has 190 valence electrons. The van der Waals surface area contributed by atoms with Gasteiger partial charge in [-0.1, -0.05) is 72.3 Å². The number of nitrogens with zero attached hydrogens (tertiary/aromatic N) is 1. The normalized spacial score (nSPS) is 32.0. The zero-order valence-electron chi connectivity index (χ0n) is 20.7. The number of fused-ring (bicyclic) bond motifs is 9. The van der Waals surface area contributed by atoms with E-state index in [9.17, 15) is 14.4 Å². The van der Waals surface area contributed by atoms with Crippen LogP contribution < -0.4 is 9.77 Å². The van der Waals surface area contributed by atoms with Gasteiger partial charge in [0.2, 0.25) is 11.8 Å². The molecule has 3 aromatic rings. The highest BCUT2D eigenvalue weighted by Gasteiger charge is 2.69. The van der Waals surface area contributed by atoms with E-state index < -0.39 is 0 Å². The predicted molar refractivity (Wildman–Crippen MR) is 150 cm³/mol. The largest absolute Gasteiger partial charge is 0.307 e. The van der Waals surface area contributed by atoms with Crippen LogP contribution in [0.1, 0.15) is 49.1 Å². The molecule has 37 heavy (non-hydrogen) atoms. The third-order valence-corrected chi connectivity index (χ3v) is 12.1. The summed E-state index contributed by atoms with van der Waals surface area (Å²) in [4.78, 5) is 45.6. The zero-order valence-corrected chi connectivity index (χ0v) is 24.0. The van der Waals surface area contributed by atoms with Gasteiger partial charge in [0.25, 0.3) is 0 Å². The maximum atomic E-state index is 13.8. The van der Waals surface area contributed by atoms with E-state index in [1.54, 1.807) is 11.8 Å². The minimum atomic E-state index is -0.281. The number of thiazole rings is 1. The number of hydrogen-bond donors (Lipinski definition) is 1. The van der Waals surface area contributed by atoms with Gasteiger partial charge < -0.3 is 4.98 Å². The van der Waals surface area contributed by atoms with Crippen LogP contribution in [-0.4, -0.2) is 22.0 Å². The van der Waals surface area contributed by atoms with E-state index >= 15 is 0 Å². The zero-order chi connectivity index (χ0) is 25.8. The van der Waals surface area contributed by atoms with Crippen LogP contribution >= 0.6 is 39.0 Å². The summed E-state index contributed by atoms with van der Waals surface area (Å²) in [5.41, 5.74) is 3.18. The molecule has 2 aliphatic heterocycles. The second-order valence-corrected chi connectivity index (χ2v) is 14.9. The van der Waals surface area contributed by atoms with Crippen molar-refractivity contribution in [1.82, 2.24) is 4.98 Å². The smallest absolute Gasteiger partial charge is 0.305 e. The Kier molecular flexibility index (Phi) is 5.28. The Morgan fingerprint density at radius 2 is 1.57 bits per heavy atom. The van der Waals surface area contributed by atoms with Crippen LogP contribution in [0, 0.1) is 29.6 Å². The number of imide groups is 1. The van der Waals surface area contributed by atoms with Crippen LogP contribution in [0.3, 0.4) is 0 Å². The molecule has 2 saturated carbocycles. The van der Waals surface area contributed by atoms with Crippen molar-refractivity contribution in [3.63, 3.8) is 0 Å². The van der Waals surface area contributed by atoms with Crippen molar-refractivity contribution in [3.05, 3.63) is 78.7 Å². The summed E-state index contributed by atoms with van der Waals surface area (Å²) in [5, 5.41) is 1.16. The number of H-pyrrole nitrogens is 1. The number of thioether (sulfide) groups is 1. The van der Waals surface area contributed by atoms with Crippen molar-refractivity contribution in [2.75, 3.05) is 4.90 Å². The molecular formula is C29H27BrN2O3S2. The van der Waals surface area contributed by atoms with E-state index in [0.29, 0.717) is 5.69 Å². The van der Waals surface area contributed by atoms with Gasteiger partial charge in [-0.05, 0) is 65.0 Å². The Hall–Kier alpha value is -2.16. The van der Waals surface area contributed by atoms with Crippen molar-refractivity contribution in [2.45, 2.75) is 48.8 Å². The van der Waals surface area contributed by atoms with Crippen LogP contribution in [0.15, 0.2) is 62.8 Å². The molecule has 2 aliphatic carbocycles. The highest BCUT2D eigenvalue weighted by atomic mass is 79.9. The standard InChI is InChI=1S/C29H27BrN2O3S2/c1-29(2,3)14-6-4-13(5-7-14)19-20-17-12-18(23(20)36-25-24(19)37-28(35)31-25)22-21(17)26(33)32(27(22)34)16-10-8-15(30)9-11-16/h4-11,17-23H,12H2,1-3H3,(H,31,35)/t17?,18?,19-,20?,21?,22?,23?/m1/s1. The van der Waals surface area contributed by atoms with Gasteiger partial charge in [0.05, 0.1) is 22.5 Å². The predicted octanol–water partition coefficient (Wildman–Crippen LogP) is 6.17. The van der Waals surface area contributed by atoms with Gasteiger partial charge >= 0.3 is 4.87 Å². The molecule has 0 radical (unpaired) electrons. The monoisotopic (exact) mass is 594 g/mol. The van der Waals surface area contributed by atoms with E-state index in [1.165, 1.54) is 27.4 Å². The fourth-order valence-corrected chi connectivity index (χ4v) is 10.6. The quantitative estimate of drug-likeness (QED) is 0.360. The maximum absolute atomic E-state index is 13.8. The third kappa shape index (κ3) is 3.44. The molecule has 1 N–H and O–H groups in total. The molecular weight excluding hydrogens is 568 g/mol. The van der Waals surface area contributed by atoms with Crippen molar-refractivity contribution >= 4 is 56.5 Å². The Bertz CT molecular complexity index is 1490. The fraction of sp³-hybridized carbons (Fsp3) is 0.414. The lowest BCUT2D eigenvalue weighted by molar-refractivity contribution is -0.123. The third-order valence-electron chi connectivity index (χ3n) is 8.94. The van der Waals surface area contributed by atoms with Crippen LogP contribution in [0.5, 0.6) is 0 Å². The maximum Gasteiger partial charge on any atom is 0.305 e. The Morgan fingerprint density at radius 3 is 2.22 bits per heavy atom. The second-order valence-electron chi connectivity index (χ2n) is 11.8. The fourth-order valence-electron chi connectivity index (χ4n) is 7.43. The van der Waals surface area contributed by atoms with Crippen molar-refractivity contribution < 1.29 is 9.59 Å². The van der Waals surface area contributed by atoms with Crippen molar-refractivity contribution in [1.29, 1.82) is 0 Å². The summed E-state index contributed by atoms with van der Waals surface area (Å²) >= 11 is 6.49. The molecule has 2 bridgehead atoms. The number of carbonyl (C=O) groups excluding carboxylic acids is 2. The number of halogens is 1. The lowest BCUT2D eigenvalue weighted by atomic mass is 9.68. The number of anilines is 1. The number of hydrogen-bond acceptors (Lipinski definition) is 5. The lowest BCUT2D eigenvalue weighted by Gasteiger charge is -2.43. The molecule has 3 heterocycles. The minimum Gasteiger partial charge on any atom is -0.307 e. The van der Waals surface area contributed by atoms with Gasteiger partial charge in [0.15, 0.2) is 0 Å². The molecule has 2 amide bonds. The highest BCUT2D eigenvalue weighted by Crippen LogP contribution is 2.68. The number of aromatic nitrogens is 1. The van der Waals surface area contributed by atoms with E-state index in [4.69, 9.17) is 0 Å². The Morgan fingerprint density at radius 1 is 0.919 bits per heavy atom. The molecule has 5 nitrogen and oxygen atoms in total. The molecule has 4 aliphatic rings. The molecule has 7 atom stereocenters. The average molecular weight is 596 g/mol. The van der Waals surface area contributed by atoms with Crippen molar-refractivity contribution in [2.24, 2.45) is 29.6 Å². The van der Waals surface area contributed by atoms with Crippen LogP contribution in [0.2, 0.25) is 0 Å². The van der Waals surface area contributed by atoms with E-state index in [-0.39, 0.29) is 62.9 Å². The van der Waals surface area contributed by atoms with Gasteiger partial charge in [-0.15, -0.1) is 11.8 Å². The first-order valence-electron chi connectivity index (χ1n) is 12.8. The van der Waals surface area contributed by atoms with Gasteiger partial charge in [-0.25, -0.2) is 0 Å². The van der Waals surface area contributed by atoms with Crippen LogP contribution in [0.4, 0.5) is 5.69 Å². The second kappa shape index (κ2) is 8.17. The van der Waals surface area contributed by atoms with Gasteiger partial charge in [-0.2, -0.15) is 0 Å². The Balaban J connectivity index is 1.30. The van der Waals surface area contributed by atoms with Crippen LogP contribution in [0.25, 0.3) is 0 Å². The summed E-state index contributed by atoms with van der Waals surface area (Å²) in [5.74, 6) is -0.126. The minimum absolute atomic E-state index is 0.0325. The molecule has 2 aromatic carbocycles. The topological polar surface area (TPSA) is 70.2 Å². The summed E-state index contributed by atoms with van der Waals surface area (Å²) in [6, 6.07) is 16.3. The first-order valence-corrected chi connectivity index (χ1v) is 15.3. The van der Waals surface area contributed by atoms with E-state index in [2.05, 4.69) is 66.0 Å². The number of aromatic amines is 1. The van der Waals surface area contributed by atoms with E-state index in [1.807, 2.05) is 24.3 Å². The van der Waals surface area contributed by atoms with Gasteiger partial charge in [0, 0.05) is 20.5 Å². The molecule has 7 rings (SSSR count). The first kappa shape index (κ1) is 23.9. The lowest BCUT2D eigenvalue weighted by Crippen LogP contribution is -2.42. The number of amides is 2. The number of benzene rings is 2. The summed E-state index contributed by atoms with van der Waals surface area (Å²) < 4.78 is 0.915. The van der Waals surface area contributed by atoms with Gasteiger partial charge in [-0.3, -0.25) is 19.3 Å². The summed E-state index contributed by atoms with van der Waals surface area (Å²) in [6.07, 6.45) is 0.902. The SMILES string of the molecule is CC(C)(C)c1ccc([C@H]2c3sc(=O)[nH]c3SC3C4CC(C5C(=O)N(c6ccc(Br)cc6)C(=O)C45)C32)cc1. The molecule has 8 heteroatoms. The Labute approximate surface area is 232 Å². The van der Waals surface area contributed by atoms with Gasteiger partial charge in [0.1, 0.15) is 0 Å². The van der Waals surface area contributed by atoms with E-state index in [0.717, 1.165) is 20.8 Å². The number of carbonyl (C=O) groups is 2. The number of nitrogens with one attached hydrogen (secondary N) is 1. The number of rotatable bonds is 2. The first-order chi connectivity index (χ1) is 17.6. The summed E-state index contributed by atoms with van der Waals surface area (Å²) in [6.45, 7) is 6.63. The molecule has 6 unspecified atom stereocenters. The van der Waals surface area contributed by atoms with Crippen molar-refractivity contribution in [3.8, 4) is 0 Å². The summed E-state index contributed by atoms with van der Waals surface area (Å²) in [7, 11) is 0. The molecule has 3 fully saturated rings. The molecule has 1 aromatic heterocycles.